The quantitative estimate of drug-likeness (QED) is 0.808. The first-order chi connectivity index (χ1) is 9.49. The number of nitrogens with two attached hydrogens (primary N) is 1. The number of carbonyl (C=O) groups is 1. The number of carbonyl (C=O) groups excluding carboxylic acids is 1. The fraction of sp³-hybridized carbons (Fsp3) is 0.588. The van der Waals surface area contributed by atoms with Crippen LogP contribution in [0.5, 0.6) is 0 Å². The lowest BCUT2D eigenvalue weighted by Crippen LogP contribution is -2.43. The molecule has 3 N–H and O–H groups in total. The summed E-state index contributed by atoms with van der Waals surface area (Å²) in [7, 11) is 0. The molecule has 1 aromatic rings. The zero-order chi connectivity index (χ0) is 15.1. The van der Waals surface area contributed by atoms with Gasteiger partial charge in [0, 0.05) is 0 Å². The number of amides is 1. The number of aryl methyl sites for hydroxylation is 1. The van der Waals surface area contributed by atoms with Gasteiger partial charge in [-0.25, -0.2) is 0 Å². The van der Waals surface area contributed by atoms with Gasteiger partial charge in [-0.3, -0.25) is 4.79 Å². The number of nitrogens with one attached hydrogen (secondary N) is 1. The summed E-state index contributed by atoms with van der Waals surface area (Å²) in [6.45, 7) is 8.41. The molecule has 0 bridgehead atoms. The Labute approximate surface area is 135 Å². The van der Waals surface area contributed by atoms with E-state index in [1.165, 1.54) is 5.56 Å². The van der Waals surface area contributed by atoms with Gasteiger partial charge in [-0.1, -0.05) is 58.4 Å². The number of hydrogen-bond donors (Lipinski definition) is 2. The number of hydrogen-bond acceptors (Lipinski definition) is 2. The highest BCUT2D eigenvalue weighted by atomic mass is 35.5. The Morgan fingerprint density at radius 3 is 2.19 bits per heavy atom. The van der Waals surface area contributed by atoms with Crippen molar-refractivity contribution >= 4 is 18.3 Å². The average Bonchev–Trinajstić information content (AvgIpc) is 2.44. The molecule has 0 heterocycles. The highest BCUT2D eigenvalue weighted by Gasteiger charge is 2.21. The Kier molecular flexibility index (Phi) is 9.31. The zero-order valence-corrected chi connectivity index (χ0v) is 14.4. The van der Waals surface area contributed by atoms with Crippen molar-refractivity contribution in [1.82, 2.24) is 5.32 Å². The van der Waals surface area contributed by atoms with Crippen LogP contribution in [0.3, 0.4) is 0 Å². The third kappa shape index (κ3) is 6.06. The lowest BCUT2D eigenvalue weighted by molar-refractivity contribution is -0.123. The van der Waals surface area contributed by atoms with Gasteiger partial charge in [0.2, 0.25) is 5.91 Å². The molecule has 120 valence electrons. The molecule has 0 aliphatic heterocycles. The maximum absolute atomic E-state index is 12.1. The SMILES string of the molecule is CCCC(N)C(=O)NC(c1ccc(CC)cc1)C(C)C.Cl. The summed E-state index contributed by atoms with van der Waals surface area (Å²) >= 11 is 0. The maximum atomic E-state index is 12.1. The maximum Gasteiger partial charge on any atom is 0.237 e. The molecule has 0 saturated heterocycles. The second-order valence-corrected chi connectivity index (χ2v) is 5.72. The first kappa shape index (κ1) is 19.9. The molecule has 0 spiro atoms. The smallest absolute Gasteiger partial charge is 0.237 e. The van der Waals surface area contributed by atoms with Crippen LogP contribution in [0.2, 0.25) is 0 Å². The summed E-state index contributed by atoms with van der Waals surface area (Å²) in [6, 6.07) is 8.09. The topological polar surface area (TPSA) is 55.1 Å². The van der Waals surface area contributed by atoms with E-state index >= 15 is 0 Å². The van der Waals surface area contributed by atoms with Gasteiger partial charge in [0.05, 0.1) is 12.1 Å². The molecule has 0 aromatic heterocycles. The Morgan fingerprint density at radius 2 is 1.76 bits per heavy atom. The largest absolute Gasteiger partial charge is 0.348 e. The molecule has 0 aliphatic rings. The molecule has 0 radical (unpaired) electrons. The van der Waals surface area contributed by atoms with Gasteiger partial charge in [-0.05, 0) is 29.9 Å². The predicted molar refractivity (Wildman–Crippen MR) is 91.7 cm³/mol. The van der Waals surface area contributed by atoms with Crippen LogP contribution in [0.4, 0.5) is 0 Å². The van der Waals surface area contributed by atoms with Crippen molar-refractivity contribution in [3.05, 3.63) is 35.4 Å². The molecule has 1 amide bonds. The Hall–Kier alpha value is -1.06. The van der Waals surface area contributed by atoms with E-state index in [1.807, 2.05) is 6.92 Å². The van der Waals surface area contributed by atoms with E-state index in [4.69, 9.17) is 5.73 Å². The van der Waals surface area contributed by atoms with Crippen molar-refractivity contribution < 1.29 is 4.79 Å². The average molecular weight is 313 g/mol. The molecular formula is C17H29ClN2O. The van der Waals surface area contributed by atoms with Crippen LogP contribution in [-0.2, 0) is 11.2 Å². The van der Waals surface area contributed by atoms with Crippen LogP contribution in [0.15, 0.2) is 24.3 Å². The van der Waals surface area contributed by atoms with Gasteiger partial charge < -0.3 is 11.1 Å². The molecule has 21 heavy (non-hydrogen) atoms. The van der Waals surface area contributed by atoms with E-state index in [0.29, 0.717) is 5.92 Å². The van der Waals surface area contributed by atoms with Gasteiger partial charge in [-0.15, -0.1) is 12.4 Å². The lowest BCUT2D eigenvalue weighted by Gasteiger charge is -2.25. The van der Waals surface area contributed by atoms with E-state index in [2.05, 4.69) is 50.4 Å². The second kappa shape index (κ2) is 9.80. The minimum absolute atomic E-state index is 0. The monoisotopic (exact) mass is 312 g/mol. The van der Waals surface area contributed by atoms with Crippen LogP contribution in [0, 0.1) is 5.92 Å². The first-order valence-electron chi connectivity index (χ1n) is 7.64. The van der Waals surface area contributed by atoms with Crippen molar-refractivity contribution in [3.8, 4) is 0 Å². The highest BCUT2D eigenvalue weighted by molar-refractivity contribution is 5.85. The molecule has 1 rings (SSSR count). The van der Waals surface area contributed by atoms with E-state index in [-0.39, 0.29) is 24.4 Å². The van der Waals surface area contributed by atoms with Gasteiger partial charge in [0.1, 0.15) is 0 Å². The Bertz CT molecular complexity index is 417. The van der Waals surface area contributed by atoms with Gasteiger partial charge in [-0.2, -0.15) is 0 Å². The van der Waals surface area contributed by atoms with Crippen molar-refractivity contribution in [2.75, 3.05) is 0 Å². The molecular weight excluding hydrogens is 284 g/mol. The molecule has 4 heteroatoms. The molecule has 3 nitrogen and oxygen atoms in total. The Balaban J connectivity index is 0.00000400. The Morgan fingerprint density at radius 1 is 1.19 bits per heavy atom. The van der Waals surface area contributed by atoms with Crippen LogP contribution < -0.4 is 11.1 Å². The molecule has 2 unspecified atom stereocenters. The molecule has 1 aromatic carbocycles. The fourth-order valence-electron chi connectivity index (χ4n) is 2.30. The fourth-order valence-corrected chi connectivity index (χ4v) is 2.30. The van der Waals surface area contributed by atoms with Gasteiger partial charge in [0.15, 0.2) is 0 Å². The number of benzene rings is 1. The van der Waals surface area contributed by atoms with Crippen molar-refractivity contribution in [2.24, 2.45) is 11.7 Å². The standard InChI is InChI=1S/C17H28N2O.ClH/c1-5-7-15(18)17(20)19-16(12(3)4)14-10-8-13(6-2)9-11-14;/h8-12,15-16H,5-7,18H2,1-4H3,(H,19,20);1H. The summed E-state index contributed by atoms with van der Waals surface area (Å²) in [5, 5.41) is 3.09. The van der Waals surface area contributed by atoms with Crippen LogP contribution in [0.25, 0.3) is 0 Å². The van der Waals surface area contributed by atoms with Gasteiger partial charge >= 0.3 is 0 Å². The zero-order valence-electron chi connectivity index (χ0n) is 13.6. The molecule has 0 fully saturated rings. The summed E-state index contributed by atoms with van der Waals surface area (Å²) in [5.74, 6) is 0.283. The lowest BCUT2D eigenvalue weighted by atomic mass is 9.94. The third-order valence-corrected chi connectivity index (χ3v) is 3.65. The van der Waals surface area contributed by atoms with Crippen LogP contribution >= 0.6 is 12.4 Å². The normalized spacial score (nSPS) is 13.4. The van der Waals surface area contributed by atoms with Crippen molar-refractivity contribution in [3.63, 3.8) is 0 Å². The summed E-state index contributed by atoms with van der Waals surface area (Å²) in [5.41, 5.74) is 8.35. The van der Waals surface area contributed by atoms with Crippen molar-refractivity contribution in [1.29, 1.82) is 0 Å². The minimum atomic E-state index is -0.406. The predicted octanol–water partition coefficient (Wildman–Crippen LogP) is 3.61. The first-order valence-corrected chi connectivity index (χ1v) is 7.64. The second-order valence-electron chi connectivity index (χ2n) is 5.72. The number of rotatable bonds is 7. The molecule has 0 saturated carbocycles. The van der Waals surface area contributed by atoms with Crippen LogP contribution in [-0.4, -0.2) is 11.9 Å². The van der Waals surface area contributed by atoms with E-state index in [1.54, 1.807) is 0 Å². The molecule has 2 atom stereocenters. The summed E-state index contributed by atoms with van der Waals surface area (Å²) in [4.78, 5) is 12.1. The van der Waals surface area contributed by atoms with E-state index in [0.717, 1.165) is 24.8 Å². The van der Waals surface area contributed by atoms with E-state index in [9.17, 15) is 4.79 Å². The highest BCUT2D eigenvalue weighted by Crippen LogP contribution is 2.22. The summed E-state index contributed by atoms with van der Waals surface area (Å²) in [6.07, 6.45) is 2.68. The molecule has 0 aliphatic carbocycles. The van der Waals surface area contributed by atoms with E-state index < -0.39 is 6.04 Å². The minimum Gasteiger partial charge on any atom is -0.348 e. The third-order valence-electron chi connectivity index (χ3n) is 3.65. The van der Waals surface area contributed by atoms with Gasteiger partial charge in [0.25, 0.3) is 0 Å². The van der Waals surface area contributed by atoms with Crippen molar-refractivity contribution in [2.45, 2.75) is 59.0 Å². The number of halogens is 1. The summed E-state index contributed by atoms with van der Waals surface area (Å²) < 4.78 is 0. The van der Waals surface area contributed by atoms with Crippen LogP contribution in [0.1, 0.15) is 57.7 Å².